The number of fused-ring (bicyclic) bond motifs is 1. The van der Waals surface area contributed by atoms with Gasteiger partial charge in [-0.25, -0.2) is 0 Å². The van der Waals surface area contributed by atoms with E-state index < -0.39 is 18.5 Å². The lowest BCUT2D eigenvalue weighted by atomic mass is 10.1. The van der Waals surface area contributed by atoms with Gasteiger partial charge in [0.05, 0.1) is 27.1 Å². The van der Waals surface area contributed by atoms with Crippen LogP contribution in [0.5, 0.6) is 17.2 Å². The number of hydrogen-bond donors (Lipinski definition) is 1. The number of anilines is 1. The second-order valence-corrected chi connectivity index (χ2v) is 7.47. The van der Waals surface area contributed by atoms with Gasteiger partial charge >= 0.3 is 5.97 Å². The van der Waals surface area contributed by atoms with Crippen molar-refractivity contribution in [1.29, 1.82) is 0 Å². The van der Waals surface area contributed by atoms with Crippen LogP contribution in [0.25, 0.3) is 10.8 Å². The number of nitrogens with one attached hydrogen (secondary N) is 1. The summed E-state index contributed by atoms with van der Waals surface area (Å²) < 4.78 is 20.8. The highest BCUT2D eigenvalue weighted by Crippen LogP contribution is 2.39. The van der Waals surface area contributed by atoms with Gasteiger partial charge < -0.3 is 24.3 Å². The van der Waals surface area contributed by atoms with Crippen molar-refractivity contribution in [2.75, 3.05) is 39.0 Å². The lowest BCUT2D eigenvalue weighted by molar-refractivity contribution is -0.144. The maximum atomic E-state index is 12.2. The van der Waals surface area contributed by atoms with Crippen LogP contribution in [0.15, 0.2) is 59.5 Å². The van der Waals surface area contributed by atoms with Crippen LogP contribution < -0.4 is 19.5 Å². The molecule has 8 heteroatoms. The fourth-order valence-electron chi connectivity index (χ4n) is 2.94. The van der Waals surface area contributed by atoms with Crippen LogP contribution in [0.4, 0.5) is 5.69 Å². The van der Waals surface area contributed by atoms with E-state index in [4.69, 9.17) is 18.9 Å². The highest BCUT2D eigenvalue weighted by atomic mass is 32.2. The van der Waals surface area contributed by atoms with Crippen molar-refractivity contribution in [3.8, 4) is 17.2 Å². The SMILES string of the molecule is COc1cc(NC(=O)COC(=O)CSc2ccc3ccccc3c2)cc(OC)c1OC. The molecule has 0 atom stereocenters. The fourth-order valence-corrected chi connectivity index (χ4v) is 3.68. The Morgan fingerprint density at radius 2 is 1.55 bits per heavy atom. The molecule has 1 N–H and O–H groups in total. The lowest BCUT2D eigenvalue weighted by Crippen LogP contribution is -2.21. The van der Waals surface area contributed by atoms with Crippen LogP contribution in [0, 0.1) is 0 Å². The molecule has 0 spiro atoms. The number of hydrogen-bond acceptors (Lipinski definition) is 7. The summed E-state index contributed by atoms with van der Waals surface area (Å²) in [4.78, 5) is 25.2. The number of amides is 1. The van der Waals surface area contributed by atoms with Gasteiger partial charge in [-0.15, -0.1) is 11.8 Å². The van der Waals surface area contributed by atoms with Crippen LogP contribution in [-0.4, -0.2) is 45.6 Å². The van der Waals surface area contributed by atoms with Crippen molar-refractivity contribution >= 4 is 40.1 Å². The summed E-state index contributed by atoms with van der Waals surface area (Å²) in [6.45, 7) is -0.395. The highest BCUT2D eigenvalue weighted by Gasteiger charge is 2.15. The molecule has 0 saturated carbocycles. The van der Waals surface area contributed by atoms with E-state index >= 15 is 0 Å². The Bertz CT molecular complexity index is 1060. The Morgan fingerprint density at radius 1 is 0.871 bits per heavy atom. The molecule has 0 aliphatic carbocycles. The lowest BCUT2D eigenvalue weighted by Gasteiger charge is -2.14. The zero-order valence-corrected chi connectivity index (χ0v) is 18.3. The predicted octanol–water partition coefficient (Wildman–Crippen LogP) is 4.14. The van der Waals surface area contributed by atoms with Crippen LogP contribution in [-0.2, 0) is 14.3 Å². The van der Waals surface area contributed by atoms with Crippen molar-refractivity contribution in [2.24, 2.45) is 0 Å². The van der Waals surface area contributed by atoms with Crippen molar-refractivity contribution in [1.82, 2.24) is 0 Å². The summed E-state index contributed by atoms with van der Waals surface area (Å²) in [5.74, 6) is 0.383. The molecule has 162 valence electrons. The number of thioether (sulfide) groups is 1. The summed E-state index contributed by atoms with van der Waals surface area (Å²) in [6.07, 6.45) is 0. The molecular weight excluding hydrogens is 418 g/mol. The number of methoxy groups -OCH3 is 3. The molecule has 0 fully saturated rings. The average Bonchev–Trinajstić information content (AvgIpc) is 2.80. The smallest absolute Gasteiger partial charge is 0.316 e. The van der Waals surface area contributed by atoms with Crippen LogP contribution in [0.2, 0.25) is 0 Å². The second-order valence-electron chi connectivity index (χ2n) is 6.42. The van der Waals surface area contributed by atoms with E-state index in [2.05, 4.69) is 5.32 Å². The molecule has 3 aromatic carbocycles. The predicted molar refractivity (Wildman–Crippen MR) is 120 cm³/mol. The minimum absolute atomic E-state index is 0.107. The Hall–Kier alpha value is -3.39. The van der Waals surface area contributed by atoms with Crippen molar-refractivity contribution in [3.63, 3.8) is 0 Å². The van der Waals surface area contributed by atoms with Crippen molar-refractivity contribution < 1.29 is 28.5 Å². The summed E-state index contributed by atoms with van der Waals surface area (Å²) in [6, 6.07) is 17.2. The first kappa shape index (κ1) is 22.3. The minimum atomic E-state index is -0.474. The van der Waals surface area contributed by atoms with Gasteiger partial charge in [0.1, 0.15) is 0 Å². The monoisotopic (exact) mass is 441 g/mol. The van der Waals surface area contributed by atoms with Crippen molar-refractivity contribution in [2.45, 2.75) is 4.90 Å². The first-order valence-electron chi connectivity index (χ1n) is 9.41. The molecule has 7 nitrogen and oxygen atoms in total. The first-order chi connectivity index (χ1) is 15.0. The molecule has 0 aliphatic rings. The Labute approximate surface area is 184 Å². The van der Waals surface area contributed by atoms with Gasteiger partial charge in [-0.2, -0.15) is 0 Å². The summed E-state index contributed by atoms with van der Waals surface area (Å²) >= 11 is 1.36. The van der Waals surface area contributed by atoms with Gasteiger partial charge in [0.25, 0.3) is 5.91 Å². The topological polar surface area (TPSA) is 83.1 Å². The van der Waals surface area contributed by atoms with Gasteiger partial charge in [-0.3, -0.25) is 9.59 Å². The number of carbonyl (C=O) groups excluding carboxylic acids is 2. The minimum Gasteiger partial charge on any atom is -0.493 e. The van der Waals surface area contributed by atoms with E-state index in [1.165, 1.54) is 33.1 Å². The van der Waals surface area contributed by atoms with Gasteiger partial charge in [-0.05, 0) is 22.9 Å². The molecule has 0 bridgehead atoms. The zero-order chi connectivity index (χ0) is 22.2. The fraction of sp³-hybridized carbons (Fsp3) is 0.217. The summed E-state index contributed by atoms with van der Waals surface area (Å²) in [7, 11) is 4.46. The maximum absolute atomic E-state index is 12.2. The third-order valence-corrected chi connectivity index (χ3v) is 5.36. The molecule has 0 radical (unpaired) electrons. The summed E-state index contributed by atoms with van der Waals surface area (Å²) in [5, 5.41) is 4.89. The van der Waals surface area contributed by atoms with E-state index in [0.717, 1.165) is 15.7 Å². The standard InChI is InChI=1S/C23H23NO6S/c1-27-19-11-17(12-20(28-2)23(19)29-3)24-21(25)13-30-22(26)14-31-18-9-8-15-6-4-5-7-16(15)10-18/h4-12H,13-14H2,1-3H3,(H,24,25). The number of ether oxygens (including phenoxy) is 4. The van der Waals surface area contributed by atoms with Crippen LogP contribution in [0.1, 0.15) is 0 Å². The molecule has 0 heterocycles. The average molecular weight is 442 g/mol. The molecule has 0 saturated heterocycles. The van der Waals surface area contributed by atoms with Gasteiger partial charge in [0.15, 0.2) is 18.1 Å². The van der Waals surface area contributed by atoms with E-state index in [-0.39, 0.29) is 5.75 Å². The molecule has 3 rings (SSSR count). The highest BCUT2D eigenvalue weighted by molar-refractivity contribution is 8.00. The largest absolute Gasteiger partial charge is 0.493 e. The summed E-state index contributed by atoms with van der Waals surface area (Å²) in [5.41, 5.74) is 0.432. The normalized spacial score (nSPS) is 10.4. The van der Waals surface area contributed by atoms with E-state index in [9.17, 15) is 9.59 Å². The van der Waals surface area contributed by atoms with E-state index in [0.29, 0.717) is 22.9 Å². The molecule has 0 aromatic heterocycles. The molecule has 0 unspecified atom stereocenters. The molecule has 0 aliphatic heterocycles. The Morgan fingerprint density at radius 3 is 2.19 bits per heavy atom. The van der Waals surface area contributed by atoms with Crippen LogP contribution >= 0.6 is 11.8 Å². The molecule has 3 aromatic rings. The number of rotatable bonds is 9. The first-order valence-corrected chi connectivity index (χ1v) is 10.4. The quantitative estimate of drug-likeness (QED) is 0.395. The van der Waals surface area contributed by atoms with Gasteiger partial charge in [0, 0.05) is 22.7 Å². The van der Waals surface area contributed by atoms with Gasteiger partial charge in [0.2, 0.25) is 5.75 Å². The number of benzene rings is 3. The van der Waals surface area contributed by atoms with Crippen LogP contribution in [0.3, 0.4) is 0 Å². The van der Waals surface area contributed by atoms with E-state index in [1.54, 1.807) is 12.1 Å². The number of esters is 1. The van der Waals surface area contributed by atoms with E-state index in [1.807, 2.05) is 42.5 Å². The van der Waals surface area contributed by atoms with Crippen molar-refractivity contribution in [3.05, 3.63) is 54.6 Å². The Kier molecular flexibility index (Phi) is 7.61. The third kappa shape index (κ3) is 5.82. The molecular formula is C23H23NO6S. The zero-order valence-electron chi connectivity index (χ0n) is 17.5. The second kappa shape index (κ2) is 10.6. The molecule has 31 heavy (non-hydrogen) atoms. The maximum Gasteiger partial charge on any atom is 0.316 e. The third-order valence-electron chi connectivity index (χ3n) is 4.39. The number of carbonyl (C=O) groups is 2. The molecule has 1 amide bonds. The Balaban J connectivity index is 1.51. The van der Waals surface area contributed by atoms with Gasteiger partial charge in [-0.1, -0.05) is 30.3 Å².